The van der Waals surface area contributed by atoms with Crippen molar-refractivity contribution in [2.75, 3.05) is 56.5 Å². The summed E-state index contributed by atoms with van der Waals surface area (Å²) >= 11 is 0. The maximum absolute atomic E-state index is 13.5. The van der Waals surface area contributed by atoms with Gasteiger partial charge in [0.25, 0.3) is 5.91 Å². The van der Waals surface area contributed by atoms with Crippen molar-refractivity contribution in [3.8, 4) is 11.1 Å². The van der Waals surface area contributed by atoms with E-state index in [9.17, 15) is 4.79 Å². The lowest BCUT2D eigenvalue weighted by molar-refractivity contribution is -1.02. The van der Waals surface area contributed by atoms with Crippen LogP contribution in [0.3, 0.4) is 0 Å². The van der Waals surface area contributed by atoms with Crippen molar-refractivity contribution >= 4 is 39.8 Å². The van der Waals surface area contributed by atoms with E-state index in [1.54, 1.807) is 10.7 Å². The van der Waals surface area contributed by atoms with Gasteiger partial charge in [-0.05, 0) is 35.9 Å². The Labute approximate surface area is 237 Å². The molecule has 0 spiro atoms. The lowest BCUT2D eigenvalue weighted by Gasteiger charge is -2.49. The Morgan fingerprint density at radius 1 is 1.00 bits per heavy atom. The number of piperazine rings is 1. The molecule has 11 nitrogen and oxygen atoms in total. The smallest absolute Gasteiger partial charge is 0.255 e. The third-order valence-corrected chi connectivity index (χ3v) is 9.17. The zero-order chi connectivity index (χ0) is 27.6. The van der Waals surface area contributed by atoms with Gasteiger partial charge in [-0.15, -0.1) is 0 Å². The monoisotopic (exact) mass is 549 g/mol. The van der Waals surface area contributed by atoms with Crippen LogP contribution >= 0.6 is 0 Å². The van der Waals surface area contributed by atoms with E-state index in [1.165, 1.54) is 5.69 Å². The van der Waals surface area contributed by atoms with Crippen molar-refractivity contribution < 1.29 is 9.39 Å². The fourth-order valence-corrected chi connectivity index (χ4v) is 6.69. The molecule has 11 heteroatoms. The quantitative estimate of drug-likeness (QED) is 0.254. The Kier molecular flexibility index (Phi) is 5.51. The molecule has 0 unspecified atom stereocenters. The van der Waals surface area contributed by atoms with Crippen LogP contribution in [0.1, 0.15) is 23.2 Å². The number of hydrogen-bond donors (Lipinski definition) is 3. The van der Waals surface area contributed by atoms with E-state index in [2.05, 4.69) is 66.9 Å². The van der Waals surface area contributed by atoms with Crippen LogP contribution in [0.4, 0.5) is 17.3 Å². The van der Waals surface area contributed by atoms with Crippen LogP contribution < -0.4 is 15.5 Å². The van der Waals surface area contributed by atoms with Gasteiger partial charge in [0.1, 0.15) is 5.65 Å². The minimum atomic E-state index is -0.0648. The van der Waals surface area contributed by atoms with Gasteiger partial charge in [0.15, 0.2) is 0 Å². The summed E-state index contributed by atoms with van der Waals surface area (Å²) in [6.07, 6.45) is 9.27. The number of anilines is 3. The Hall–Kier alpha value is -4.48. The van der Waals surface area contributed by atoms with E-state index in [0.29, 0.717) is 11.5 Å². The number of carbonyl (C=O) groups is 1. The molecule has 1 aromatic carbocycles. The van der Waals surface area contributed by atoms with Gasteiger partial charge in [0.2, 0.25) is 5.95 Å². The van der Waals surface area contributed by atoms with Crippen LogP contribution in [-0.2, 0) is 0 Å². The molecule has 41 heavy (non-hydrogen) atoms. The highest BCUT2D eigenvalue weighted by molar-refractivity contribution is 6.02. The van der Waals surface area contributed by atoms with Crippen molar-refractivity contribution in [1.82, 2.24) is 34.9 Å². The van der Waals surface area contributed by atoms with Crippen molar-refractivity contribution in [2.45, 2.75) is 18.9 Å². The summed E-state index contributed by atoms with van der Waals surface area (Å²) < 4.78 is 2.69. The number of nitrogens with one attached hydrogen (secondary N) is 3. The molecule has 2 saturated heterocycles. The number of aromatic nitrogens is 5. The molecule has 12 heterocycles. The lowest BCUT2D eigenvalue weighted by atomic mass is 10.0. The number of nitrogens with zero attached hydrogens (tertiary/aromatic N) is 7. The molecule has 8 aliphatic rings. The topological polar surface area (TPSA) is 106 Å². The van der Waals surface area contributed by atoms with Crippen molar-refractivity contribution in [2.24, 2.45) is 0 Å². The van der Waals surface area contributed by atoms with Crippen molar-refractivity contribution in [3.63, 3.8) is 0 Å². The van der Waals surface area contributed by atoms with E-state index >= 15 is 0 Å². The van der Waals surface area contributed by atoms with E-state index in [4.69, 9.17) is 4.98 Å². The molecule has 0 radical (unpaired) electrons. The fourth-order valence-electron chi connectivity index (χ4n) is 6.69. The first-order valence-electron chi connectivity index (χ1n) is 14.4. The van der Waals surface area contributed by atoms with Crippen LogP contribution in [-0.4, -0.2) is 92.4 Å². The summed E-state index contributed by atoms with van der Waals surface area (Å²) in [5.41, 5.74) is 6.23. The van der Waals surface area contributed by atoms with Crippen molar-refractivity contribution in [1.29, 1.82) is 0 Å². The molecule has 4 aromatic heterocycles. The summed E-state index contributed by atoms with van der Waals surface area (Å²) in [7, 11) is 2.34. The third kappa shape index (κ3) is 4.20. The molecule has 8 aliphatic heterocycles. The predicted molar refractivity (Wildman–Crippen MR) is 158 cm³/mol. The largest absolute Gasteiger partial charge is 0.368 e. The lowest BCUT2D eigenvalue weighted by Crippen LogP contribution is -2.66. The number of benzene rings is 1. The molecule has 1 amide bonds. The molecular weight excluding hydrogens is 516 g/mol. The van der Waals surface area contributed by atoms with Gasteiger partial charge in [-0.2, -0.15) is 15.1 Å². The Morgan fingerprint density at radius 3 is 2.71 bits per heavy atom. The zero-order valence-corrected chi connectivity index (χ0v) is 23.0. The minimum Gasteiger partial charge on any atom is -0.368 e. The maximum Gasteiger partial charge on any atom is 0.255 e. The number of aromatic amines is 1. The molecule has 12 bridgehead atoms. The average Bonchev–Trinajstić information content (AvgIpc) is 3.62. The van der Waals surface area contributed by atoms with Crippen LogP contribution in [0, 0.1) is 0 Å². The van der Waals surface area contributed by atoms with E-state index in [0.717, 1.165) is 90.1 Å². The second-order valence-electron chi connectivity index (χ2n) is 11.6. The molecule has 208 valence electrons. The van der Waals surface area contributed by atoms with E-state index in [-0.39, 0.29) is 11.9 Å². The summed E-state index contributed by atoms with van der Waals surface area (Å²) in [6.45, 7) is 5.99. The minimum absolute atomic E-state index is 0.0648. The first kappa shape index (κ1) is 24.3. The highest BCUT2D eigenvalue weighted by atomic mass is 16.1. The number of rotatable bonds is 0. The maximum atomic E-state index is 13.5. The fraction of sp³-hybridized carbons (Fsp3) is 0.333. The zero-order valence-electron chi connectivity index (χ0n) is 23.0. The molecular formula is C30H33N10O+. The van der Waals surface area contributed by atoms with Gasteiger partial charge in [-0.1, -0.05) is 6.07 Å². The number of amides is 1. The Morgan fingerprint density at radius 2 is 1.85 bits per heavy atom. The predicted octanol–water partition coefficient (Wildman–Crippen LogP) is 3.41. The standard InChI is InChI=1S/C30H32N10O/c1-40-13-6-21(7-14-40)34-29(41)26-19-33-39-8-5-20(15-27(26)39)24-17-31-28-25(24)18-32-30(36-28)35-22-3-2-4-23(16-22)37-9-11-38(40)12-10-37/h2-5,8,15-19,21H,6-7,9-14H2,1H3,(H2-,31,32,33,34,35,36,41)/p+1. The highest BCUT2D eigenvalue weighted by Crippen LogP contribution is 2.31. The van der Waals surface area contributed by atoms with Crippen LogP contribution in [0.15, 0.2) is 61.2 Å². The first-order chi connectivity index (χ1) is 20.0. The SMILES string of the molecule is C[N+]12CCC(CC1)NC(=O)c1cnn3ccc(cc13)-c1c[nH]c3nc(ncc13)Nc1cccc(c1)N1CCN2CC1. The second kappa shape index (κ2) is 9.28. The molecule has 5 aromatic rings. The van der Waals surface area contributed by atoms with Crippen LogP contribution in [0.2, 0.25) is 0 Å². The Balaban J connectivity index is 1.19. The third-order valence-electron chi connectivity index (χ3n) is 9.17. The van der Waals surface area contributed by atoms with Gasteiger partial charge in [-0.3, -0.25) is 4.79 Å². The first-order valence-corrected chi connectivity index (χ1v) is 14.4. The van der Waals surface area contributed by atoms with E-state index < -0.39 is 0 Å². The second-order valence-corrected chi connectivity index (χ2v) is 11.6. The average molecular weight is 550 g/mol. The molecule has 3 N–H and O–H groups in total. The van der Waals surface area contributed by atoms with Gasteiger partial charge < -0.3 is 20.5 Å². The van der Waals surface area contributed by atoms with Crippen LogP contribution in [0.25, 0.3) is 27.7 Å². The van der Waals surface area contributed by atoms with Crippen molar-refractivity contribution in [3.05, 3.63) is 66.7 Å². The number of H-pyrrole nitrogens is 1. The molecule has 0 saturated carbocycles. The summed E-state index contributed by atoms with van der Waals surface area (Å²) in [4.78, 5) is 28.6. The number of carbonyl (C=O) groups excluding carboxylic acids is 1. The number of piperidine rings is 1. The normalized spacial score (nSPS) is 24.4. The van der Waals surface area contributed by atoms with Gasteiger partial charge in [0, 0.05) is 72.9 Å². The number of hydrogen-bond acceptors (Lipinski definition) is 7. The Bertz CT molecular complexity index is 1770. The van der Waals surface area contributed by atoms with Gasteiger partial charge >= 0.3 is 0 Å². The molecule has 0 aliphatic carbocycles. The number of pyridine rings is 1. The van der Waals surface area contributed by atoms with Gasteiger partial charge in [-0.25, -0.2) is 14.1 Å². The highest BCUT2D eigenvalue weighted by Gasteiger charge is 2.38. The molecule has 2 fully saturated rings. The van der Waals surface area contributed by atoms with Crippen LogP contribution in [0.5, 0.6) is 0 Å². The summed E-state index contributed by atoms with van der Waals surface area (Å²) in [5, 5.41) is 14.7. The molecule has 13 rings (SSSR count). The number of quaternary nitrogens is 1. The van der Waals surface area contributed by atoms with Gasteiger partial charge in [0.05, 0.1) is 50.5 Å². The summed E-state index contributed by atoms with van der Waals surface area (Å²) in [5.74, 6) is 0.475. The van der Waals surface area contributed by atoms with E-state index in [1.807, 2.05) is 30.7 Å². The molecule has 0 atom stereocenters. The summed E-state index contributed by atoms with van der Waals surface area (Å²) in [6, 6.07) is 12.7.